The predicted molar refractivity (Wildman–Crippen MR) is 414 cm³/mol. The van der Waals surface area contributed by atoms with Gasteiger partial charge in [0.15, 0.2) is 12.2 Å². The number of esters is 4. The molecule has 0 aliphatic carbocycles. The minimum absolute atomic E-state index is 0.108. The topological polar surface area (TPSA) is 237 Å². The fourth-order valence-corrected chi connectivity index (χ4v) is 14.3. The summed E-state index contributed by atoms with van der Waals surface area (Å²) in [4.78, 5) is 72.7. The molecule has 0 spiro atoms. The average Bonchev–Trinajstić information content (AvgIpc) is 1.00. The van der Waals surface area contributed by atoms with Crippen molar-refractivity contribution in [2.75, 3.05) is 39.6 Å². The van der Waals surface area contributed by atoms with Gasteiger partial charge >= 0.3 is 39.5 Å². The van der Waals surface area contributed by atoms with E-state index in [4.69, 9.17) is 37.0 Å². The molecule has 5 atom stereocenters. The molecule has 2 unspecified atom stereocenters. The lowest BCUT2D eigenvalue weighted by Crippen LogP contribution is -2.30. The van der Waals surface area contributed by atoms with Gasteiger partial charge in [0.05, 0.1) is 26.4 Å². The molecule has 0 amide bonds. The van der Waals surface area contributed by atoms with Crippen LogP contribution in [0.3, 0.4) is 0 Å². The van der Waals surface area contributed by atoms with Crippen LogP contribution in [-0.4, -0.2) is 96.7 Å². The molecule has 0 bridgehead atoms. The molecule has 0 aromatic heterocycles. The van der Waals surface area contributed by atoms with Gasteiger partial charge in [0, 0.05) is 25.7 Å². The number of ether oxygens (including phenoxy) is 4. The third kappa shape index (κ3) is 76.1. The first-order valence-corrected chi connectivity index (χ1v) is 45.6. The summed E-state index contributed by atoms with van der Waals surface area (Å²) in [5, 5.41) is 10.6. The standard InChI is InChI=1S/C82H160O17P2/c1-6-9-12-15-17-19-21-23-25-26-27-28-29-30-31-37-41-45-49-53-58-63-68-82(87)99-78(72-93-80(85)66-61-56-51-47-43-39-36-33-32-35-38-42-46-50-55-59-64-75(4)5)74-97-101(90,91)95-70-76(83)69-94-100(88,89)96-73-77(71-92-79(84)65-60-54-14-11-8-3)98-81(86)67-62-57-52-48-44-40-34-24-22-20-18-16-13-10-7-2/h75-78,83H,6-74H2,1-5H3,(H,88,89)(H,90,91)/t76-,77+,78+/m0/s1. The number of unbranched alkanes of at least 4 members (excludes halogenated alkanes) is 54. The van der Waals surface area contributed by atoms with Crippen LogP contribution in [0.4, 0.5) is 0 Å². The van der Waals surface area contributed by atoms with Crippen LogP contribution < -0.4 is 0 Å². The number of hydrogen-bond donors (Lipinski definition) is 3. The van der Waals surface area contributed by atoms with E-state index in [1.165, 1.54) is 257 Å². The lowest BCUT2D eigenvalue weighted by Gasteiger charge is -2.21. The number of hydrogen-bond acceptors (Lipinski definition) is 15. The molecule has 0 radical (unpaired) electrons. The van der Waals surface area contributed by atoms with Crippen LogP contribution in [0, 0.1) is 5.92 Å². The van der Waals surface area contributed by atoms with E-state index in [1.807, 2.05) is 0 Å². The van der Waals surface area contributed by atoms with Crippen molar-refractivity contribution in [1.29, 1.82) is 0 Å². The second kappa shape index (κ2) is 74.9. The molecule has 0 heterocycles. The highest BCUT2D eigenvalue weighted by molar-refractivity contribution is 7.47. The van der Waals surface area contributed by atoms with E-state index in [0.29, 0.717) is 25.7 Å². The number of phosphoric ester groups is 2. The van der Waals surface area contributed by atoms with E-state index in [9.17, 15) is 43.2 Å². The highest BCUT2D eigenvalue weighted by atomic mass is 31.2. The molecule has 3 N–H and O–H groups in total. The van der Waals surface area contributed by atoms with E-state index in [1.54, 1.807) is 0 Å². The molecule has 0 saturated carbocycles. The van der Waals surface area contributed by atoms with Crippen molar-refractivity contribution in [2.45, 2.75) is 457 Å². The molecule has 0 fully saturated rings. The molecule has 0 aliphatic heterocycles. The van der Waals surface area contributed by atoms with Gasteiger partial charge in [-0.3, -0.25) is 37.3 Å². The highest BCUT2D eigenvalue weighted by Gasteiger charge is 2.30. The summed E-state index contributed by atoms with van der Waals surface area (Å²) >= 11 is 0. The lowest BCUT2D eigenvalue weighted by molar-refractivity contribution is -0.161. The van der Waals surface area contributed by atoms with Crippen LogP contribution in [0.5, 0.6) is 0 Å². The molecule has 19 heteroatoms. The summed E-state index contributed by atoms with van der Waals surface area (Å²) in [7, 11) is -9.91. The summed E-state index contributed by atoms with van der Waals surface area (Å²) < 4.78 is 68.5. The number of aliphatic hydroxyl groups is 1. The van der Waals surface area contributed by atoms with Gasteiger partial charge in [-0.15, -0.1) is 0 Å². The molecule has 0 saturated heterocycles. The van der Waals surface area contributed by atoms with Gasteiger partial charge in [0.1, 0.15) is 19.3 Å². The highest BCUT2D eigenvalue weighted by Crippen LogP contribution is 2.45. The lowest BCUT2D eigenvalue weighted by atomic mass is 10.0. The quantitative estimate of drug-likeness (QED) is 0.0222. The molecule has 101 heavy (non-hydrogen) atoms. The van der Waals surface area contributed by atoms with Crippen molar-refractivity contribution in [3.63, 3.8) is 0 Å². The van der Waals surface area contributed by atoms with Crippen molar-refractivity contribution in [2.24, 2.45) is 5.92 Å². The first-order valence-electron chi connectivity index (χ1n) is 42.6. The molecular weight excluding hydrogens is 1320 g/mol. The van der Waals surface area contributed by atoms with Crippen LogP contribution in [0.1, 0.15) is 439 Å². The Balaban J connectivity index is 5.11. The molecule has 0 rings (SSSR count). The summed E-state index contributed by atoms with van der Waals surface area (Å²) in [5.74, 6) is -1.31. The van der Waals surface area contributed by atoms with E-state index >= 15 is 0 Å². The summed E-state index contributed by atoms with van der Waals surface area (Å²) in [5.41, 5.74) is 0. The maximum absolute atomic E-state index is 13.1. The van der Waals surface area contributed by atoms with Crippen molar-refractivity contribution in [1.82, 2.24) is 0 Å². The number of phosphoric acid groups is 2. The maximum Gasteiger partial charge on any atom is 0.472 e. The Hall–Kier alpha value is -1.94. The molecule has 17 nitrogen and oxygen atoms in total. The summed E-state index contributed by atoms with van der Waals surface area (Å²) in [6, 6.07) is 0. The number of carbonyl (C=O) groups is 4. The number of aliphatic hydroxyl groups excluding tert-OH is 1. The van der Waals surface area contributed by atoms with Crippen LogP contribution in [0.2, 0.25) is 0 Å². The molecule has 0 aromatic carbocycles. The second-order valence-corrected chi connectivity index (χ2v) is 32.9. The van der Waals surface area contributed by atoms with E-state index in [-0.39, 0.29) is 25.7 Å². The Morgan fingerprint density at radius 3 is 0.673 bits per heavy atom. The van der Waals surface area contributed by atoms with E-state index in [2.05, 4.69) is 34.6 Å². The van der Waals surface area contributed by atoms with E-state index < -0.39 is 97.5 Å². The Kier molecular flexibility index (Phi) is 73.5. The Morgan fingerprint density at radius 1 is 0.267 bits per heavy atom. The zero-order valence-corrected chi connectivity index (χ0v) is 67.8. The van der Waals surface area contributed by atoms with Crippen LogP contribution in [-0.2, 0) is 65.4 Å². The minimum atomic E-state index is -4.96. The number of carbonyl (C=O) groups excluding carboxylic acids is 4. The monoisotopic (exact) mass is 1480 g/mol. The van der Waals surface area contributed by atoms with Crippen molar-refractivity contribution in [3.05, 3.63) is 0 Å². The van der Waals surface area contributed by atoms with Crippen LogP contribution in [0.15, 0.2) is 0 Å². The Morgan fingerprint density at radius 2 is 0.455 bits per heavy atom. The third-order valence-electron chi connectivity index (χ3n) is 19.3. The van der Waals surface area contributed by atoms with Gasteiger partial charge in [0.25, 0.3) is 0 Å². The van der Waals surface area contributed by atoms with Crippen molar-refractivity contribution < 1.29 is 80.2 Å². The predicted octanol–water partition coefficient (Wildman–Crippen LogP) is 24.8. The fraction of sp³-hybridized carbons (Fsp3) is 0.951. The van der Waals surface area contributed by atoms with Crippen molar-refractivity contribution in [3.8, 4) is 0 Å². The molecule has 0 aromatic rings. The summed E-state index contributed by atoms with van der Waals surface area (Å²) in [6.45, 7) is 7.28. The summed E-state index contributed by atoms with van der Waals surface area (Å²) in [6.07, 6.45) is 67.2. The van der Waals surface area contributed by atoms with Crippen LogP contribution >= 0.6 is 15.6 Å². The zero-order chi connectivity index (χ0) is 74.1. The van der Waals surface area contributed by atoms with Gasteiger partial charge in [-0.2, -0.15) is 0 Å². The Bertz CT molecular complexity index is 1930. The first-order chi connectivity index (χ1) is 49.0. The molecular formula is C82H160O17P2. The van der Waals surface area contributed by atoms with Gasteiger partial charge < -0.3 is 33.8 Å². The van der Waals surface area contributed by atoms with Gasteiger partial charge in [0.2, 0.25) is 0 Å². The van der Waals surface area contributed by atoms with Crippen LogP contribution in [0.25, 0.3) is 0 Å². The van der Waals surface area contributed by atoms with Gasteiger partial charge in [-0.05, 0) is 31.6 Å². The van der Waals surface area contributed by atoms with Gasteiger partial charge in [-0.25, -0.2) is 9.13 Å². The van der Waals surface area contributed by atoms with Crippen molar-refractivity contribution >= 4 is 39.5 Å². The fourth-order valence-electron chi connectivity index (χ4n) is 12.8. The molecule has 600 valence electrons. The Labute approximate surface area is 619 Å². The average molecular weight is 1480 g/mol. The largest absolute Gasteiger partial charge is 0.472 e. The smallest absolute Gasteiger partial charge is 0.462 e. The number of rotatable bonds is 82. The minimum Gasteiger partial charge on any atom is -0.462 e. The SMILES string of the molecule is CCCCCCCCCCCCCCCCCCCCCCCCC(=O)O[C@H](COC(=O)CCCCCCCCCCCCCCCCCCC(C)C)COP(=O)(O)OC[C@@H](O)COP(=O)(O)OC[C@@H](COC(=O)CCCCCCC)OC(=O)CCCCCCCCCCCCCCCCC. The van der Waals surface area contributed by atoms with Gasteiger partial charge in [-0.1, -0.05) is 388 Å². The normalized spacial score (nSPS) is 13.8. The maximum atomic E-state index is 13.1. The third-order valence-corrected chi connectivity index (χ3v) is 21.2. The molecule has 0 aliphatic rings. The first kappa shape index (κ1) is 99.1. The van der Waals surface area contributed by atoms with E-state index in [0.717, 1.165) is 102 Å². The second-order valence-electron chi connectivity index (χ2n) is 30.0. The zero-order valence-electron chi connectivity index (χ0n) is 66.1.